The minimum atomic E-state index is -1.54. The van der Waals surface area contributed by atoms with E-state index in [1.54, 1.807) is 18.9 Å². The molecule has 0 aliphatic carbocycles. The normalized spacial score (nSPS) is 27.1. The zero-order valence-electron chi connectivity index (χ0n) is 11.8. The molecule has 0 saturated carbocycles. The van der Waals surface area contributed by atoms with Gasteiger partial charge in [0.2, 0.25) is 5.72 Å². The van der Waals surface area contributed by atoms with E-state index in [1.165, 1.54) is 0 Å². The van der Waals surface area contributed by atoms with Gasteiger partial charge in [0.25, 0.3) is 0 Å². The van der Waals surface area contributed by atoms with Crippen molar-refractivity contribution in [1.82, 2.24) is 0 Å². The van der Waals surface area contributed by atoms with Crippen LogP contribution in [0.4, 0.5) is 5.69 Å². The van der Waals surface area contributed by atoms with Crippen LogP contribution in [0, 0.1) is 0 Å². The van der Waals surface area contributed by atoms with Crippen LogP contribution in [0.1, 0.15) is 31.2 Å². The second kappa shape index (κ2) is 4.66. The average molecular weight is 277 g/mol. The van der Waals surface area contributed by atoms with Gasteiger partial charge in [-0.05, 0) is 31.4 Å². The summed E-state index contributed by atoms with van der Waals surface area (Å²) in [6.45, 7) is 2.67. The Labute approximate surface area is 118 Å². The van der Waals surface area contributed by atoms with Crippen LogP contribution in [0.3, 0.4) is 0 Å². The summed E-state index contributed by atoms with van der Waals surface area (Å²) in [5.74, 6) is 0.391. The SMILES string of the molecule is CCOC(=O)C1(O)CC2CCN1c1cccc(OC)c12. The van der Waals surface area contributed by atoms with E-state index in [9.17, 15) is 9.90 Å². The number of ether oxygens (including phenoxy) is 2. The van der Waals surface area contributed by atoms with E-state index in [2.05, 4.69) is 0 Å². The van der Waals surface area contributed by atoms with Crippen LogP contribution < -0.4 is 9.64 Å². The maximum Gasteiger partial charge on any atom is 0.359 e. The Bertz CT molecular complexity index is 545. The maximum absolute atomic E-state index is 12.1. The third-order valence-electron chi connectivity index (χ3n) is 4.24. The molecule has 3 aliphatic heterocycles. The number of fused-ring (bicyclic) bond motifs is 2. The molecule has 1 aromatic rings. The molecule has 1 aromatic carbocycles. The number of hydrogen-bond donors (Lipinski definition) is 1. The van der Waals surface area contributed by atoms with Gasteiger partial charge < -0.3 is 19.5 Å². The first-order chi connectivity index (χ1) is 9.61. The molecular formula is C15H19NO4. The van der Waals surface area contributed by atoms with Gasteiger partial charge in [-0.2, -0.15) is 0 Å². The molecule has 3 aliphatic rings. The zero-order chi connectivity index (χ0) is 14.3. The molecule has 2 bridgehead atoms. The quantitative estimate of drug-likeness (QED) is 0.851. The summed E-state index contributed by atoms with van der Waals surface area (Å²) >= 11 is 0. The Kier molecular flexibility index (Phi) is 3.09. The molecule has 1 fully saturated rings. The molecular weight excluding hydrogens is 258 g/mol. The third-order valence-corrected chi connectivity index (χ3v) is 4.24. The van der Waals surface area contributed by atoms with E-state index in [0.717, 1.165) is 23.4 Å². The number of hydrogen-bond acceptors (Lipinski definition) is 5. The number of benzene rings is 1. The van der Waals surface area contributed by atoms with Gasteiger partial charge in [-0.3, -0.25) is 0 Å². The van der Waals surface area contributed by atoms with Gasteiger partial charge in [0.05, 0.1) is 13.7 Å². The Morgan fingerprint density at radius 3 is 3.05 bits per heavy atom. The second-order valence-electron chi connectivity index (χ2n) is 5.27. The van der Waals surface area contributed by atoms with Gasteiger partial charge in [0.15, 0.2) is 0 Å². The van der Waals surface area contributed by atoms with E-state index in [0.29, 0.717) is 13.0 Å². The second-order valence-corrected chi connectivity index (χ2v) is 5.27. The molecule has 0 aromatic heterocycles. The fourth-order valence-corrected chi connectivity index (χ4v) is 3.39. The van der Waals surface area contributed by atoms with Crippen LogP contribution in [0.2, 0.25) is 0 Å². The van der Waals surface area contributed by atoms with E-state index >= 15 is 0 Å². The van der Waals surface area contributed by atoms with Crippen molar-refractivity contribution < 1.29 is 19.4 Å². The molecule has 5 nitrogen and oxygen atoms in total. The van der Waals surface area contributed by atoms with Crippen LogP contribution >= 0.6 is 0 Å². The lowest BCUT2D eigenvalue weighted by atomic mass is 9.76. The summed E-state index contributed by atoms with van der Waals surface area (Å²) in [6.07, 6.45) is 1.27. The van der Waals surface area contributed by atoms with Crippen LogP contribution in [0.15, 0.2) is 18.2 Å². The lowest BCUT2D eigenvalue weighted by molar-refractivity contribution is -0.168. The first kappa shape index (κ1) is 13.2. The number of anilines is 1. The Hall–Kier alpha value is -1.75. The standard InChI is InChI=1S/C15H19NO4/c1-3-20-14(17)15(18)9-10-7-8-16(15)11-5-4-6-12(19-2)13(10)11/h4-6,10,18H,3,7-9H2,1-2H3. The Morgan fingerprint density at radius 1 is 1.55 bits per heavy atom. The number of esters is 1. The predicted molar refractivity (Wildman–Crippen MR) is 73.9 cm³/mol. The smallest absolute Gasteiger partial charge is 0.359 e. The summed E-state index contributed by atoms with van der Waals surface area (Å²) in [5.41, 5.74) is 0.427. The number of carbonyl (C=O) groups excluding carboxylic acids is 1. The maximum atomic E-state index is 12.1. The molecule has 0 spiro atoms. The van der Waals surface area contributed by atoms with Crippen molar-refractivity contribution >= 4 is 11.7 Å². The zero-order valence-corrected chi connectivity index (χ0v) is 11.8. The molecule has 2 unspecified atom stereocenters. The minimum Gasteiger partial charge on any atom is -0.496 e. The van der Waals surface area contributed by atoms with Gasteiger partial charge in [0.1, 0.15) is 5.75 Å². The highest BCUT2D eigenvalue weighted by atomic mass is 16.6. The lowest BCUT2D eigenvalue weighted by Crippen LogP contribution is -2.62. The summed E-state index contributed by atoms with van der Waals surface area (Å²) in [7, 11) is 1.64. The van der Waals surface area contributed by atoms with Crippen molar-refractivity contribution in [1.29, 1.82) is 0 Å². The Balaban J connectivity index is 2.06. The van der Waals surface area contributed by atoms with Gasteiger partial charge in [-0.1, -0.05) is 6.07 Å². The summed E-state index contributed by atoms with van der Waals surface area (Å²) < 4.78 is 10.5. The van der Waals surface area contributed by atoms with Crippen LogP contribution in [0.25, 0.3) is 0 Å². The first-order valence-electron chi connectivity index (χ1n) is 6.96. The van der Waals surface area contributed by atoms with E-state index in [1.807, 2.05) is 18.2 Å². The number of aliphatic hydroxyl groups is 1. The molecule has 3 heterocycles. The van der Waals surface area contributed by atoms with E-state index < -0.39 is 11.7 Å². The number of nitrogens with zero attached hydrogens (tertiary/aromatic N) is 1. The summed E-state index contributed by atoms with van der Waals surface area (Å²) in [6, 6.07) is 5.72. The van der Waals surface area contributed by atoms with E-state index in [-0.39, 0.29) is 12.5 Å². The van der Waals surface area contributed by atoms with Gasteiger partial charge in [-0.15, -0.1) is 0 Å². The van der Waals surface area contributed by atoms with Crippen molar-refractivity contribution in [3.05, 3.63) is 23.8 Å². The van der Waals surface area contributed by atoms with Gasteiger partial charge >= 0.3 is 5.97 Å². The topological polar surface area (TPSA) is 59.0 Å². The number of rotatable bonds is 3. The molecule has 1 N–H and O–H groups in total. The molecule has 0 radical (unpaired) electrons. The average Bonchev–Trinajstić information content (AvgIpc) is 2.47. The molecule has 2 atom stereocenters. The minimum absolute atomic E-state index is 0.126. The molecule has 5 heteroatoms. The highest BCUT2D eigenvalue weighted by molar-refractivity contribution is 5.86. The van der Waals surface area contributed by atoms with Crippen LogP contribution in [-0.2, 0) is 9.53 Å². The highest BCUT2D eigenvalue weighted by Crippen LogP contribution is 2.52. The monoisotopic (exact) mass is 277 g/mol. The predicted octanol–water partition coefficient (Wildman–Crippen LogP) is 1.64. The van der Waals surface area contributed by atoms with Crippen molar-refractivity contribution in [2.75, 3.05) is 25.2 Å². The number of methoxy groups -OCH3 is 1. The third kappa shape index (κ3) is 1.69. The van der Waals surface area contributed by atoms with Crippen molar-refractivity contribution in [3.8, 4) is 5.75 Å². The largest absolute Gasteiger partial charge is 0.496 e. The fraction of sp³-hybridized carbons (Fsp3) is 0.533. The highest BCUT2D eigenvalue weighted by Gasteiger charge is 2.53. The lowest BCUT2D eigenvalue weighted by Gasteiger charge is -2.51. The van der Waals surface area contributed by atoms with Crippen molar-refractivity contribution in [2.24, 2.45) is 0 Å². The van der Waals surface area contributed by atoms with E-state index in [4.69, 9.17) is 9.47 Å². The number of carbonyl (C=O) groups is 1. The molecule has 1 saturated heterocycles. The van der Waals surface area contributed by atoms with Gasteiger partial charge in [-0.25, -0.2) is 4.79 Å². The first-order valence-corrected chi connectivity index (χ1v) is 6.96. The van der Waals surface area contributed by atoms with Crippen molar-refractivity contribution in [2.45, 2.75) is 31.4 Å². The van der Waals surface area contributed by atoms with Gasteiger partial charge in [0, 0.05) is 24.2 Å². The fourth-order valence-electron chi connectivity index (χ4n) is 3.39. The molecule has 108 valence electrons. The Morgan fingerprint density at radius 2 is 2.35 bits per heavy atom. The molecule has 20 heavy (non-hydrogen) atoms. The van der Waals surface area contributed by atoms with Crippen LogP contribution in [0.5, 0.6) is 5.75 Å². The molecule has 0 amide bonds. The summed E-state index contributed by atoms with van der Waals surface area (Å²) in [4.78, 5) is 13.9. The summed E-state index contributed by atoms with van der Waals surface area (Å²) in [5, 5.41) is 10.8. The molecule has 4 rings (SSSR count). The van der Waals surface area contributed by atoms with Crippen LogP contribution in [-0.4, -0.2) is 37.1 Å². The van der Waals surface area contributed by atoms with Crippen molar-refractivity contribution in [3.63, 3.8) is 0 Å². The number of piperidine rings is 1.